The lowest BCUT2D eigenvalue weighted by molar-refractivity contribution is -0.870. The zero-order chi connectivity index (χ0) is 45.0. The molecule has 0 spiro atoms. The van der Waals surface area contributed by atoms with E-state index in [0.29, 0.717) is 17.4 Å². The molecule has 0 heterocycles. The Bertz CT molecular complexity index is 1180. The molecule has 9 heteroatoms. The maximum atomic E-state index is 12.9. The number of quaternary nitrogens is 1. The van der Waals surface area contributed by atoms with Crippen molar-refractivity contribution in [2.24, 2.45) is 0 Å². The van der Waals surface area contributed by atoms with Crippen molar-refractivity contribution in [1.82, 2.24) is 5.32 Å². The third-order valence-corrected chi connectivity index (χ3v) is 11.9. The fourth-order valence-electron chi connectivity index (χ4n) is 6.94. The monoisotopic (exact) mass is 877 g/mol. The van der Waals surface area contributed by atoms with Gasteiger partial charge in [0.1, 0.15) is 13.2 Å². The first-order chi connectivity index (χ1) is 29.5. The van der Waals surface area contributed by atoms with Crippen molar-refractivity contribution in [2.45, 2.75) is 225 Å². The molecule has 0 rings (SSSR count). The first-order valence-corrected chi connectivity index (χ1v) is 26.6. The van der Waals surface area contributed by atoms with Crippen LogP contribution in [-0.2, 0) is 18.4 Å². The number of carbonyl (C=O) groups is 1. The molecule has 0 aliphatic rings. The van der Waals surface area contributed by atoms with Gasteiger partial charge in [0, 0.05) is 6.42 Å². The number of hydrogen-bond donors (Lipinski definition) is 2. The molecule has 3 atom stereocenters. The van der Waals surface area contributed by atoms with Gasteiger partial charge in [-0.1, -0.05) is 197 Å². The van der Waals surface area contributed by atoms with Crippen LogP contribution >= 0.6 is 7.82 Å². The number of aliphatic hydroxyl groups excluding tert-OH is 1. The van der Waals surface area contributed by atoms with E-state index < -0.39 is 26.6 Å². The molecule has 0 aromatic rings. The Balaban J connectivity index is 4.42. The lowest BCUT2D eigenvalue weighted by atomic mass is 10.0. The van der Waals surface area contributed by atoms with E-state index in [1.54, 1.807) is 6.08 Å². The summed E-state index contributed by atoms with van der Waals surface area (Å²) >= 11 is 0. The van der Waals surface area contributed by atoms with Crippen LogP contribution in [0, 0.1) is 0 Å². The Morgan fingerprint density at radius 1 is 0.574 bits per heavy atom. The highest BCUT2D eigenvalue weighted by Gasteiger charge is 2.23. The topological polar surface area (TPSA) is 108 Å². The molecule has 8 nitrogen and oxygen atoms in total. The van der Waals surface area contributed by atoms with E-state index >= 15 is 0 Å². The van der Waals surface area contributed by atoms with Crippen LogP contribution < -0.4 is 10.2 Å². The van der Waals surface area contributed by atoms with Gasteiger partial charge in [0.25, 0.3) is 7.82 Å². The molecule has 1 amide bonds. The minimum absolute atomic E-state index is 0.0114. The van der Waals surface area contributed by atoms with E-state index in [2.05, 4.69) is 67.8 Å². The first kappa shape index (κ1) is 59.2. The number of phosphoric acid groups is 1. The van der Waals surface area contributed by atoms with Gasteiger partial charge in [-0.05, 0) is 70.6 Å². The Labute approximate surface area is 377 Å². The van der Waals surface area contributed by atoms with Crippen LogP contribution in [0.4, 0.5) is 0 Å². The fraction of sp³-hybridized carbons (Fsp3) is 0.788. The number of likely N-dealkylation sites (N-methyl/N-ethyl adjacent to an activating group) is 1. The SMILES string of the molecule is CCCCC/C=C\C/C=C\C/C=C\CCCCCCCCC(=O)NC(COP(=O)([O-])OCC[N+](C)(C)C)C(O)/C=C/CC/C=C/CCCCCCCCCCCCCCCC. The summed E-state index contributed by atoms with van der Waals surface area (Å²) in [5.74, 6) is -0.221. The summed E-state index contributed by atoms with van der Waals surface area (Å²) in [4.78, 5) is 25.4. The zero-order valence-electron chi connectivity index (χ0n) is 40.4. The van der Waals surface area contributed by atoms with E-state index in [4.69, 9.17) is 9.05 Å². The summed E-state index contributed by atoms with van der Waals surface area (Å²) in [6.07, 6.45) is 57.0. The van der Waals surface area contributed by atoms with E-state index in [1.165, 1.54) is 128 Å². The summed E-state index contributed by atoms with van der Waals surface area (Å²) in [7, 11) is 1.23. The van der Waals surface area contributed by atoms with Crippen molar-refractivity contribution in [1.29, 1.82) is 0 Å². The number of carbonyl (C=O) groups excluding carboxylic acids is 1. The summed E-state index contributed by atoms with van der Waals surface area (Å²) in [6.45, 7) is 4.59. The molecular weight excluding hydrogens is 780 g/mol. The van der Waals surface area contributed by atoms with Crippen LogP contribution in [0.2, 0.25) is 0 Å². The molecule has 2 N–H and O–H groups in total. The molecule has 0 aromatic heterocycles. The van der Waals surface area contributed by atoms with E-state index in [-0.39, 0.29) is 12.5 Å². The van der Waals surface area contributed by atoms with Gasteiger partial charge in [0.15, 0.2) is 0 Å². The second-order valence-electron chi connectivity index (χ2n) is 18.2. The number of unbranched alkanes of at least 4 members (excludes halogenated alkanes) is 24. The highest BCUT2D eigenvalue weighted by atomic mass is 31.2. The Hall–Kier alpha value is -1.80. The summed E-state index contributed by atoms with van der Waals surface area (Å²) < 4.78 is 23.2. The molecule has 0 saturated heterocycles. The van der Waals surface area contributed by atoms with E-state index in [0.717, 1.165) is 64.2 Å². The second-order valence-corrected chi connectivity index (χ2v) is 19.6. The van der Waals surface area contributed by atoms with Gasteiger partial charge in [0.2, 0.25) is 5.91 Å². The van der Waals surface area contributed by atoms with Crippen molar-refractivity contribution >= 4 is 13.7 Å². The van der Waals surface area contributed by atoms with Gasteiger partial charge in [0.05, 0.1) is 39.9 Å². The summed E-state index contributed by atoms with van der Waals surface area (Å²) in [5, 5.41) is 13.8. The summed E-state index contributed by atoms with van der Waals surface area (Å²) in [5.41, 5.74) is 0. The number of rotatable bonds is 45. The minimum Gasteiger partial charge on any atom is -0.756 e. The van der Waals surface area contributed by atoms with Gasteiger partial charge in [-0.3, -0.25) is 9.36 Å². The average Bonchev–Trinajstić information content (AvgIpc) is 3.21. The molecule has 0 aromatic carbocycles. The number of allylic oxidation sites excluding steroid dienone is 9. The predicted molar refractivity (Wildman–Crippen MR) is 261 cm³/mol. The number of phosphoric ester groups is 1. The number of nitrogens with one attached hydrogen (secondary N) is 1. The van der Waals surface area contributed by atoms with E-state index in [9.17, 15) is 19.4 Å². The van der Waals surface area contributed by atoms with Crippen molar-refractivity contribution in [2.75, 3.05) is 40.9 Å². The Morgan fingerprint density at radius 3 is 1.48 bits per heavy atom. The number of hydrogen-bond acceptors (Lipinski definition) is 6. The van der Waals surface area contributed by atoms with Gasteiger partial charge in [-0.2, -0.15) is 0 Å². The largest absolute Gasteiger partial charge is 0.756 e. The van der Waals surface area contributed by atoms with Crippen LogP contribution in [0.15, 0.2) is 60.8 Å². The fourth-order valence-corrected chi connectivity index (χ4v) is 7.66. The highest BCUT2D eigenvalue weighted by molar-refractivity contribution is 7.45. The van der Waals surface area contributed by atoms with Gasteiger partial charge < -0.3 is 28.8 Å². The predicted octanol–water partition coefficient (Wildman–Crippen LogP) is 14.0. The quantitative estimate of drug-likeness (QED) is 0.0273. The van der Waals surface area contributed by atoms with Gasteiger partial charge >= 0.3 is 0 Å². The minimum atomic E-state index is -4.61. The van der Waals surface area contributed by atoms with Crippen LogP contribution in [0.1, 0.15) is 213 Å². The van der Waals surface area contributed by atoms with Crippen molar-refractivity contribution in [3.63, 3.8) is 0 Å². The maximum Gasteiger partial charge on any atom is 0.268 e. The molecule has 0 radical (unpaired) electrons. The third-order valence-electron chi connectivity index (χ3n) is 10.9. The second kappa shape index (κ2) is 43.5. The van der Waals surface area contributed by atoms with Gasteiger partial charge in [-0.25, -0.2) is 0 Å². The van der Waals surface area contributed by atoms with Crippen LogP contribution in [-0.4, -0.2) is 68.5 Å². The van der Waals surface area contributed by atoms with Crippen molar-refractivity contribution < 1.29 is 32.9 Å². The molecule has 0 aliphatic heterocycles. The molecule has 0 fully saturated rings. The number of nitrogens with zero attached hydrogens (tertiary/aromatic N) is 1. The van der Waals surface area contributed by atoms with Gasteiger partial charge in [-0.15, -0.1) is 0 Å². The molecule has 0 saturated carbocycles. The average molecular weight is 877 g/mol. The van der Waals surface area contributed by atoms with Crippen molar-refractivity contribution in [3.05, 3.63) is 60.8 Å². The standard InChI is InChI=1S/C52H97N2O6P/c1-6-8-10-12-14-16-18-20-22-24-26-28-29-31-33-35-37-39-41-43-45-51(55)50(49-60-61(57,58)59-48-47-54(3,4)5)53-52(56)46-44-42-40-38-36-34-32-30-27-25-23-21-19-17-15-13-11-9-7-2/h15,17,21,23,27,30,35,37,43,45,50-51,55H,6-14,16,18-20,22,24-26,28-29,31-34,36,38-42,44,46-49H2,1-5H3,(H-,53,56,57,58)/b17-15-,23-21-,30-27-,37-35+,45-43+. The smallest absolute Gasteiger partial charge is 0.268 e. The molecular formula is C52H97N2O6P. The molecule has 0 aliphatic carbocycles. The highest BCUT2D eigenvalue weighted by Crippen LogP contribution is 2.38. The Kier molecular flexibility index (Phi) is 42.2. The van der Waals surface area contributed by atoms with Crippen LogP contribution in [0.25, 0.3) is 0 Å². The van der Waals surface area contributed by atoms with Crippen LogP contribution in [0.3, 0.4) is 0 Å². The lowest BCUT2D eigenvalue weighted by Gasteiger charge is -2.29. The third kappa shape index (κ3) is 46.0. The number of aliphatic hydroxyl groups is 1. The first-order valence-electron chi connectivity index (χ1n) is 25.2. The maximum absolute atomic E-state index is 12.9. The van der Waals surface area contributed by atoms with Crippen LogP contribution in [0.5, 0.6) is 0 Å². The summed E-state index contributed by atoms with van der Waals surface area (Å²) in [6, 6.07) is -0.912. The molecule has 356 valence electrons. The number of amides is 1. The Morgan fingerprint density at radius 2 is 0.967 bits per heavy atom. The lowest BCUT2D eigenvalue weighted by Crippen LogP contribution is -2.45. The molecule has 61 heavy (non-hydrogen) atoms. The normalized spacial score (nSPS) is 14.7. The van der Waals surface area contributed by atoms with E-state index in [1.807, 2.05) is 27.2 Å². The molecule has 3 unspecified atom stereocenters. The zero-order valence-corrected chi connectivity index (χ0v) is 41.2. The van der Waals surface area contributed by atoms with Crippen molar-refractivity contribution in [3.8, 4) is 0 Å². The molecule has 0 bridgehead atoms.